The summed E-state index contributed by atoms with van der Waals surface area (Å²) in [5.74, 6) is 1.12. The molecular formula is C12H14N4O. The molecule has 88 valence electrons. The van der Waals surface area contributed by atoms with Crippen LogP contribution in [0.3, 0.4) is 0 Å². The van der Waals surface area contributed by atoms with E-state index in [9.17, 15) is 0 Å². The third kappa shape index (κ3) is 3.49. The summed E-state index contributed by atoms with van der Waals surface area (Å²) < 4.78 is 5.48. The van der Waals surface area contributed by atoms with Crippen LogP contribution in [0.4, 0.5) is 0 Å². The molecule has 1 N–H and O–H groups in total. The van der Waals surface area contributed by atoms with Crippen LogP contribution in [0.5, 0.6) is 11.6 Å². The molecule has 2 rings (SSSR count). The molecule has 2 aromatic rings. The van der Waals surface area contributed by atoms with E-state index in [4.69, 9.17) is 4.74 Å². The average molecular weight is 230 g/mol. The van der Waals surface area contributed by atoms with Gasteiger partial charge in [-0.15, -0.1) is 5.10 Å². The molecule has 5 heteroatoms. The van der Waals surface area contributed by atoms with Gasteiger partial charge in [0, 0.05) is 18.8 Å². The molecule has 0 aliphatic carbocycles. The topological polar surface area (TPSA) is 59.9 Å². The van der Waals surface area contributed by atoms with Crippen LogP contribution in [0.15, 0.2) is 36.7 Å². The lowest BCUT2D eigenvalue weighted by Gasteiger charge is -2.04. The predicted molar refractivity (Wildman–Crippen MR) is 63.7 cm³/mol. The second kappa shape index (κ2) is 5.91. The van der Waals surface area contributed by atoms with Gasteiger partial charge in [-0.3, -0.25) is 4.98 Å². The molecule has 0 atom stereocenters. The van der Waals surface area contributed by atoms with Crippen molar-refractivity contribution in [3.63, 3.8) is 0 Å². The predicted octanol–water partition coefficient (Wildman–Crippen LogP) is 1.77. The van der Waals surface area contributed by atoms with E-state index >= 15 is 0 Å². The van der Waals surface area contributed by atoms with Crippen molar-refractivity contribution < 1.29 is 4.74 Å². The maximum absolute atomic E-state index is 5.48. The van der Waals surface area contributed by atoms with Crippen LogP contribution in [0.2, 0.25) is 0 Å². The zero-order chi connectivity index (χ0) is 11.9. The third-order valence-corrected chi connectivity index (χ3v) is 2.11. The van der Waals surface area contributed by atoms with E-state index in [1.54, 1.807) is 18.5 Å². The lowest BCUT2D eigenvalue weighted by molar-refractivity contribution is 0.451. The first-order valence-electron chi connectivity index (χ1n) is 5.49. The molecule has 0 aliphatic rings. The largest absolute Gasteiger partial charge is 0.436 e. The number of nitrogens with zero attached hydrogens (tertiary/aromatic N) is 3. The fourth-order valence-corrected chi connectivity index (χ4v) is 1.28. The number of pyridine rings is 1. The smallest absolute Gasteiger partial charge is 0.238 e. The summed E-state index contributed by atoms with van der Waals surface area (Å²) in [4.78, 5) is 3.96. The van der Waals surface area contributed by atoms with E-state index in [2.05, 4.69) is 20.5 Å². The van der Waals surface area contributed by atoms with Gasteiger partial charge in [0.25, 0.3) is 0 Å². The molecule has 17 heavy (non-hydrogen) atoms. The Bertz CT molecular complexity index is 444. The standard InChI is InChI=1S/C12H14N4O/c1-2-13-8-10-5-6-12(16-15-10)17-11-4-3-7-14-9-11/h3-7,9,13H,2,8H2,1H3. The van der Waals surface area contributed by atoms with Crippen molar-refractivity contribution in [3.8, 4) is 11.6 Å². The van der Waals surface area contributed by atoms with Gasteiger partial charge in [0.15, 0.2) is 0 Å². The van der Waals surface area contributed by atoms with Gasteiger partial charge in [-0.2, -0.15) is 5.10 Å². The van der Waals surface area contributed by atoms with Crippen LogP contribution in [0.25, 0.3) is 0 Å². The summed E-state index contributed by atoms with van der Waals surface area (Å²) in [7, 11) is 0. The van der Waals surface area contributed by atoms with Gasteiger partial charge in [-0.1, -0.05) is 6.92 Å². The zero-order valence-electron chi connectivity index (χ0n) is 9.63. The van der Waals surface area contributed by atoms with Crippen molar-refractivity contribution in [3.05, 3.63) is 42.4 Å². The highest BCUT2D eigenvalue weighted by molar-refractivity contribution is 5.22. The van der Waals surface area contributed by atoms with Gasteiger partial charge in [0.05, 0.1) is 11.9 Å². The second-order valence-electron chi connectivity index (χ2n) is 3.43. The highest BCUT2D eigenvalue weighted by Crippen LogP contribution is 2.16. The molecule has 0 spiro atoms. The van der Waals surface area contributed by atoms with Crippen molar-refractivity contribution >= 4 is 0 Å². The van der Waals surface area contributed by atoms with Crippen molar-refractivity contribution in [2.75, 3.05) is 6.54 Å². The van der Waals surface area contributed by atoms with Gasteiger partial charge in [0.2, 0.25) is 5.88 Å². The fourth-order valence-electron chi connectivity index (χ4n) is 1.28. The van der Waals surface area contributed by atoms with Crippen molar-refractivity contribution in [1.29, 1.82) is 0 Å². The van der Waals surface area contributed by atoms with Gasteiger partial charge in [-0.05, 0) is 24.7 Å². The summed E-state index contributed by atoms with van der Waals surface area (Å²) in [6.07, 6.45) is 3.33. The molecule has 2 aromatic heterocycles. The van der Waals surface area contributed by atoms with E-state index in [1.165, 1.54) is 0 Å². The maximum atomic E-state index is 5.48. The molecule has 0 bridgehead atoms. The number of hydrogen-bond donors (Lipinski definition) is 1. The van der Waals surface area contributed by atoms with Crippen LogP contribution in [0.1, 0.15) is 12.6 Å². The minimum absolute atomic E-state index is 0.471. The minimum Gasteiger partial charge on any atom is -0.436 e. The Morgan fingerprint density at radius 3 is 2.82 bits per heavy atom. The molecule has 0 amide bonds. The van der Waals surface area contributed by atoms with Gasteiger partial charge >= 0.3 is 0 Å². The number of rotatable bonds is 5. The SMILES string of the molecule is CCNCc1ccc(Oc2cccnc2)nn1. The Hall–Kier alpha value is -2.01. The first-order valence-corrected chi connectivity index (χ1v) is 5.49. The molecule has 0 aromatic carbocycles. The Morgan fingerprint density at radius 1 is 1.24 bits per heavy atom. The number of hydrogen-bond acceptors (Lipinski definition) is 5. The van der Waals surface area contributed by atoms with Crippen molar-refractivity contribution in [2.24, 2.45) is 0 Å². The first-order chi connectivity index (χ1) is 8.38. The first kappa shape index (κ1) is 11.5. The molecule has 0 radical (unpaired) electrons. The zero-order valence-corrected chi connectivity index (χ0v) is 9.63. The highest BCUT2D eigenvalue weighted by atomic mass is 16.5. The normalized spacial score (nSPS) is 10.2. The molecule has 2 heterocycles. The summed E-state index contributed by atoms with van der Waals surface area (Å²) >= 11 is 0. The Labute approximate surface area is 99.9 Å². The van der Waals surface area contributed by atoms with Crippen LogP contribution >= 0.6 is 0 Å². The minimum atomic E-state index is 0.471. The van der Waals surface area contributed by atoms with Crippen molar-refractivity contribution in [2.45, 2.75) is 13.5 Å². The van der Waals surface area contributed by atoms with E-state index in [0.29, 0.717) is 11.6 Å². The summed E-state index contributed by atoms with van der Waals surface area (Å²) in [5, 5.41) is 11.2. The number of ether oxygens (including phenoxy) is 1. The summed E-state index contributed by atoms with van der Waals surface area (Å²) in [6.45, 7) is 3.68. The van der Waals surface area contributed by atoms with E-state index in [-0.39, 0.29) is 0 Å². The quantitative estimate of drug-likeness (QED) is 0.848. The highest BCUT2D eigenvalue weighted by Gasteiger charge is 2.00. The summed E-state index contributed by atoms with van der Waals surface area (Å²) in [6, 6.07) is 7.32. The molecule has 0 saturated heterocycles. The number of aromatic nitrogens is 3. The van der Waals surface area contributed by atoms with Crippen LogP contribution in [-0.4, -0.2) is 21.7 Å². The van der Waals surface area contributed by atoms with Crippen molar-refractivity contribution in [1.82, 2.24) is 20.5 Å². The average Bonchev–Trinajstić information content (AvgIpc) is 2.39. The lowest BCUT2D eigenvalue weighted by atomic mass is 10.4. The van der Waals surface area contributed by atoms with E-state index in [1.807, 2.05) is 25.1 Å². The Morgan fingerprint density at radius 2 is 2.18 bits per heavy atom. The Balaban J connectivity index is 1.98. The van der Waals surface area contributed by atoms with E-state index < -0.39 is 0 Å². The van der Waals surface area contributed by atoms with Gasteiger partial charge in [-0.25, -0.2) is 0 Å². The monoisotopic (exact) mass is 230 g/mol. The van der Waals surface area contributed by atoms with Gasteiger partial charge < -0.3 is 10.1 Å². The molecule has 5 nitrogen and oxygen atoms in total. The van der Waals surface area contributed by atoms with Crippen LogP contribution < -0.4 is 10.1 Å². The Kier molecular flexibility index (Phi) is 3.99. The fraction of sp³-hybridized carbons (Fsp3) is 0.250. The van der Waals surface area contributed by atoms with Gasteiger partial charge in [0.1, 0.15) is 5.75 Å². The molecule has 0 fully saturated rings. The molecule has 0 saturated carbocycles. The molecule has 0 unspecified atom stereocenters. The summed E-state index contributed by atoms with van der Waals surface area (Å²) in [5.41, 5.74) is 0.894. The van der Waals surface area contributed by atoms with E-state index in [0.717, 1.165) is 18.8 Å². The van der Waals surface area contributed by atoms with Crippen LogP contribution in [0, 0.1) is 0 Å². The second-order valence-corrected chi connectivity index (χ2v) is 3.43. The molecule has 0 aliphatic heterocycles. The third-order valence-electron chi connectivity index (χ3n) is 2.11. The lowest BCUT2D eigenvalue weighted by Crippen LogP contribution is -2.13. The van der Waals surface area contributed by atoms with Crippen LogP contribution in [-0.2, 0) is 6.54 Å². The maximum Gasteiger partial charge on any atom is 0.238 e. The molecular weight excluding hydrogens is 216 g/mol. The number of nitrogens with one attached hydrogen (secondary N) is 1.